The number of rotatable bonds is 4. The van der Waals surface area contributed by atoms with E-state index in [1.165, 1.54) is 9.80 Å². The molecule has 8 aliphatic rings. The van der Waals surface area contributed by atoms with E-state index < -0.39 is 23.7 Å². The van der Waals surface area contributed by atoms with E-state index in [-0.39, 0.29) is 47.3 Å². The van der Waals surface area contributed by atoms with Gasteiger partial charge in [-0.2, -0.15) is 0 Å². The van der Waals surface area contributed by atoms with E-state index in [0.29, 0.717) is 17.8 Å². The van der Waals surface area contributed by atoms with Crippen molar-refractivity contribution in [3.8, 4) is 0 Å². The molecule has 0 radical (unpaired) electrons. The third kappa shape index (κ3) is 3.98. The number of imide groups is 2. The molecule has 0 saturated carbocycles. The van der Waals surface area contributed by atoms with E-state index in [1.54, 1.807) is 0 Å². The Kier molecular flexibility index (Phi) is 6.24. The van der Waals surface area contributed by atoms with Crippen LogP contribution in [0.3, 0.4) is 0 Å². The average molecular weight is 715 g/mol. The van der Waals surface area contributed by atoms with Crippen LogP contribution in [0.1, 0.15) is 79.3 Å². The first-order chi connectivity index (χ1) is 27.0. The Morgan fingerprint density at radius 2 is 0.527 bits per heavy atom. The van der Waals surface area contributed by atoms with Crippen molar-refractivity contribution in [1.29, 1.82) is 0 Å². The second-order valence-corrected chi connectivity index (χ2v) is 16.1. The smallest absolute Gasteiger partial charge is 0.238 e. The molecule has 0 N–H and O–H groups in total. The van der Waals surface area contributed by atoms with Gasteiger partial charge in [-0.3, -0.25) is 19.2 Å². The Morgan fingerprint density at radius 3 is 0.745 bits per heavy atom. The molecule has 2 heterocycles. The van der Waals surface area contributed by atoms with Crippen molar-refractivity contribution in [3.63, 3.8) is 0 Å². The molecule has 4 atom stereocenters. The zero-order valence-corrected chi connectivity index (χ0v) is 29.7. The fourth-order valence-electron chi connectivity index (χ4n) is 11.6. The summed E-state index contributed by atoms with van der Waals surface area (Å²) in [5, 5.41) is 0. The summed E-state index contributed by atoms with van der Waals surface area (Å²) >= 11 is 0. The molecule has 4 amide bonds. The Morgan fingerprint density at radius 1 is 0.309 bits per heavy atom. The van der Waals surface area contributed by atoms with E-state index in [9.17, 15) is 19.2 Å². The Labute approximate surface area is 318 Å². The van der Waals surface area contributed by atoms with Crippen molar-refractivity contribution in [2.24, 2.45) is 23.7 Å². The lowest BCUT2D eigenvalue weighted by molar-refractivity contribution is -0.124. The van der Waals surface area contributed by atoms with E-state index in [4.69, 9.17) is 0 Å². The zero-order valence-electron chi connectivity index (χ0n) is 29.7. The Bertz CT molecular complexity index is 2270. The van der Waals surface area contributed by atoms with Gasteiger partial charge >= 0.3 is 0 Å². The predicted molar refractivity (Wildman–Crippen MR) is 208 cm³/mol. The first kappa shape index (κ1) is 31.0. The molecule has 2 saturated heterocycles. The first-order valence-electron chi connectivity index (χ1n) is 19.3. The van der Waals surface area contributed by atoms with Gasteiger partial charge in [-0.25, -0.2) is 9.80 Å². The molecule has 0 unspecified atom stereocenters. The van der Waals surface area contributed by atoms with Gasteiger partial charge in [-0.05, 0) is 86.3 Å². The zero-order chi connectivity index (χ0) is 36.7. The Balaban J connectivity index is 0.795. The minimum absolute atomic E-state index is 0.121. The first-order valence-corrected chi connectivity index (χ1v) is 19.3. The van der Waals surface area contributed by atoms with Gasteiger partial charge in [0.1, 0.15) is 0 Å². The monoisotopic (exact) mass is 714 g/mol. The molecule has 6 nitrogen and oxygen atoms in total. The molecule has 0 aromatic heterocycles. The summed E-state index contributed by atoms with van der Waals surface area (Å²) in [5.41, 5.74) is 12.6. The summed E-state index contributed by atoms with van der Waals surface area (Å²) in [4.78, 5) is 59.7. The summed E-state index contributed by atoms with van der Waals surface area (Å²) in [7, 11) is 0. The number of amides is 4. The van der Waals surface area contributed by atoms with Crippen molar-refractivity contribution in [1.82, 2.24) is 0 Å². The van der Waals surface area contributed by atoms with Crippen molar-refractivity contribution < 1.29 is 19.2 Å². The summed E-state index contributed by atoms with van der Waals surface area (Å²) in [5.74, 6) is -2.69. The van der Waals surface area contributed by atoms with Gasteiger partial charge in [0.2, 0.25) is 23.6 Å². The van der Waals surface area contributed by atoms with Gasteiger partial charge in [-0.15, -0.1) is 0 Å². The SMILES string of the molecule is O=C1[C@@H]2C3c4ccccc4C(c4ccccc43)[C@@H]2C(=O)N1c1ccc(Cc2ccc(N3C(=O)[C@H]4C5c6ccccc6C(c6ccccc65)[C@@H]4C3=O)cc2)cc1. The molecular formula is C49H34N2O4. The molecule has 6 aromatic carbocycles. The summed E-state index contributed by atoms with van der Waals surface area (Å²) in [6, 6.07) is 48.6. The van der Waals surface area contributed by atoms with Gasteiger partial charge in [-0.1, -0.05) is 121 Å². The Hall–Kier alpha value is -6.40. The molecule has 4 bridgehead atoms. The van der Waals surface area contributed by atoms with Gasteiger partial charge in [0, 0.05) is 23.7 Å². The van der Waals surface area contributed by atoms with Crippen LogP contribution in [0.2, 0.25) is 0 Å². The van der Waals surface area contributed by atoms with Gasteiger partial charge in [0.05, 0.1) is 35.0 Å². The summed E-state index contributed by atoms with van der Waals surface area (Å²) in [6.45, 7) is 0. The number of anilines is 2. The van der Waals surface area contributed by atoms with Gasteiger partial charge in [0.15, 0.2) is 0 Å². The highest BCUT2D eigenvalue weighted by Crippen LogP contribution is 2.63. The highest BCUT2D eigenvalue weighted by molar-refractivity contribution is 6.24. The van der Waals surface area contributed by atoms with E-state index in [2.05, 4.69) is 48.5 Å². The highest BCUT2D eigenvalue weighted by Gasteiger charge is 2.63. The summed E-state index contributed by atoms with van der Waals surface area (Å²) < 4.78 is 0. The number of carbonyl (C=O) groups is 4. The molecule has 6 aliphatic carbocycles. The van der Waals surface area contributed by atoms with E-state index in [1.807, 2.05) is 97.1 Å². The van der Waals surface area contributed by atoms with Crippen LogP contribution in [0, 0.1) is 23.7 Å². The highest BCUT2D eigenvalue weighted by atomic mass is 16.2. The molecular weight excluding hydrogens is 681 g/mol. The van der Waals surface area contributed by atoms with E-state index in [0.717, 1.165) is 55.6 Å². The molecule has 6 aromatic rings. The van der Waals surface area contributed by atoms with Crippen LogP contribution in [0.25, 0.3) is 0 Å². The second-order valence-electron chi connectivity index (χ2n) is 16.1. The number of hydrogen-bond acceptors (Lipinski definition) is 4. The molecule has 6 heteroatoms. The lowest BCUT2D eigenvalue weighted by Gasteiger charge is -2.45. The third-order valence-corrected chi connectivity index (χ3v) is 13.7. The maximum absolute atomic E-state index is 14.2. The van der Waals surface area contributed by atoms with Crippen LogP contribution in [0.15, 0.2) is 146 Å². The maximum Gasteiger partial charge on any atom is 0.238 e. The number of hydrogen-bond donors (Lipinski definition) is 0. The van der Waals surface area contributed by atoms with Crippen molar-refractivity contribution >= 4 is 35.0 Å². The van der Waals surface area contributed by atoms with Crippen LogP contribution in [0.5, 0.6) is 0 Å². The number of benzene rings is 6. The largest absolute Gasteiger partial charge is 0.274 e. The molecule has 0 spiro atoms. The van der Waals surface area contributed by atoms with Crippen molar-refractivity contribution in [3.05, 3.63) is 201 Å². The van der Waals surface area contributed by atoms with Crippen LogP contribution in [0.4, 0.5) is 11.4 Å². The number of carbonyl (C=O) groups excluding carboxylic acids is 4. The van der Waals surface area contributed by atoms with Crippen LogP contribution in [-0.4, -0.2) is 23.6 Å². The fraction of sp³-hybridized carbons (Fsp3) is 0.184. The topological polar surface area (TPSA) is 74.8 Å². The van der Waals surface area contributed by atoms with Crippen LogP contribution < -0.4 is 9.80 Å². The minimum Gasteiger partial charge on any atom is -0.274 e. The lowest BCUT2D eigenvalue weighted by atomic mass is 9.55. The third-order valence-electron chi connectivity index (χ3n) is 13.7. The van der Waals surface area contributed by atoms with Gasteiger partial charge < -0.3 is 0 Å². The normalized spacial score (nSPS) is 27.4. The molecule has 14 rings (SSSR count). The molecule has 264 valence electrons. The number of nitrogens with zero attached hydrogens (tertiary/aromatic N) is 2. The average Bonchev–Trinajstić information content (AvgIpc) is 3.66. The molecule has 2 fully saturated rings. The van der Waals surface area contributed by atoms with Crippen LogP contribution >= 0.6 is 0 Å². The van der Waals surface area contributed by atoms with Crippen LogP contribution in [-0.2, 0) is 25.6 Å². The maximum atomic E-state index is 14.2. The second kappa shape index (κ2) is 11.1. The van der Waals surface area contributed by atoms with E-state index >= 15 is 0 Å². The standard InChI is InChI=1S/C49H34N2O4/c52-46-42-38-30-9-1-2-10-31(30)39(33-12-4-3-11-32(33)38)43(42)47(53)50(46)28-21-17-26(18-22-28)25-27-19-23-29(24-20-27)51-48(54)44-40-34-13-5-6-14-35(34)41(45(44)49(51)55)37-16-8-7-15-36(37)40/h1-24,38-45H,25H2/t38?,39?,40?,41?,42-,43-,44-,45+/m0/s1. The van der Waals surface area contributed by atoms with Crippen molar-refractivity contribution in [2.75, 3.05) is 9.80 Å². The summed E-state index contributed by atoms with van der Waals surface area (Å²) in [6.07, 6.45) is 0.615. The quantitative estimate of drug-likeness (QED) is 0.173. The molecule has 2 aliphatic heterocycles. The minimum atomic E-state index is -0.417. The predicted octanol–water partition coefficient (Wildman–Crippen LogP) is 8.07. The van der Waals surface area contributed by atoms with Gasteiger partial charge in [0.25, 0.3) is 0 Å². The van der Waals surface area contributed by atoms with Crippen molar-refractivity contribution in [2.45, 2.75) is 30.1 Å². The lowest BCUT2D eigenvalue weighted by Crippen LogP contribution is -2.41. The molecule has 55 heavy (non-hydrogen) atoms. The fourth-order valence-corrected chi connectivity index (χ4v) is 11.6.